The Kier molecular flexibility index (Phi) is 5.81. The van der Waals surface area contributed by atoms with E-state index in [0.717, 1.165) is 27.4 Å². The van der Waals surface area contributed by atoms with Gasteiger partial charge in [0, 0.05) is 11.1 Å². The topological polar surface area (TPSA) is 92.8 Å². The minimum absolute atomic E-state index is 0.173. The molecule has 0 unspecified atom stereocenters. The smallest absolute Gasteiger partial charge is 0.263 e. The molecule has 0 aliphatic carbocycles. The second-order valence-corrected chi connectivity index (χ2v) is 8.27. The highest BCUT2D eigenvalue weighted by atomic mass is 32.1. The number of aryl methyl sites for hydroxylation is 3. The van der Waals surface area contributed by atoms with E-state index in [1.165, 1.54) is 16.9 Å². The quantitative estimate of drug-likeness (QED) is 0.468. The van der Waals surface area contributed by atoms with Crippen molar-refractivity contribution < 1.29 is 9.53 Å². The molecule has 2 aromatic heterocycles. The van der Waals surface area contributed by atoms with Crippen molar-refractivity contribution in [1.29, 1.82) is 0 Å². The summed E-state index contributed by atoms with van der Waals surface area (Å²) in [5.74, 6) is 1.74. The third-order valence-electron chi connectivity index (χ3n) is 4.91. The normalized spacial score (nSPS) is 10.8. The summed E-state index contributed by atoms with van der Waals surface area (Å²) in [4.78, 5) is 22.4. The van der Waals surface area contributed by atoms with Crippen LogP contribution in [0.3, 0.4) is 0 Å². The lowest BCUT2D eigenvalue weighted by molar-refractivity contribution is 0.0953. The predicted molar refractivity (Wildman–Crippen MR) is 121 cm³/mol. The lowest BCUT2D eigenvalue weighted by Gasteiger charge is -2.03. The first-order valence-electron chi connectivity index (χ1n) is 9.83. The molecule has 0 bridgehead atoms. The number of thiazole rings is 1. The molecule has 2 heterocycles. The number of aromatic amines is 1. The SMILES string of the molecule is COc1ccc(-c2n[nH]c(CNC(=O)c3sc(-c4ccc(C)cc4C)nc3C)n2)cc1. The highest BCUT2D eigenvalue weighted by Crippen LogP contribution is 2.30. The number of H-pyrrole nitrogens is 1. The Labute approximate surface area is 184 Å². The summed E-state index contributed by atoms with van der Waals surface area (Å²) in [6.45, 7) is 6.22. The minimum atomic E-state index is -0.173. The average Bonchev–Trinajstić information content (AvgIpc) is 3.39. The molecule has 8 heteroatoms. The Balaban J connectivity index is 1.44. The largest absolute Gasteiger partial charge is 0.497 e. The first kappa shape index (κ1) is 20.7. The molecule has 0 atom stereocenters. The molecule has 4 rings (SSSR count). The van der Waals surface area contributed by atoms with Gasteiger partial charge < -0.3 is 10.1 Å². The number of carbonyl (C=O) groups excluding carboxylic acids is 1. The summed E-state index contributed by atoms with van der Waals surface area (Å²) in [6.07, 6.45) is 0. The van der Waals surface area contributed by atoms with Gasteiger partial charge in [0.05, 0.1) is 19.3 Å². The molecule has 0 saturated heterocycles. The zero-order valence-electron chi connectivity index (χ0n) is 17.8. The summed E-state index contributed by atoms with van der Waals surface area (Å²) in [5, 5.41) is 10.9. The van der Waals surface area contributed by atoms with Crippen molar-refractivity contribution in [3.63, 3.8) is 0 Å². The van der Waals surface area contributed by atoms with E-state index < -0.39 is 0 Å². The molecule has 0 radical (unpaired) electrons. The molecule has 7 nitrogen and oxygen atoms in total. The van der Waals surface area contributed by atoms with Crippen LogP contribution in [0.5, 0.6) is 5.75 Å². The number of nitrogens with zero attached hydrogens (tertiary/aromatic N) is 3. The molecule has 0 aliphatic heterocycles. The van der Waals surface area contributed by atoms with Crippen LogP contribution in [-0.2, 0) is 6.54 Å². The lowest BCUT2D eigenvalue weighted by Crippen LogP contribution is -2.23. The number of ether oxygens (including phenoxy) is 1. The molecule has 0 saturated carbocycles. The van der Waals surface area contributed by atoms with Gasteiger partial charge in [-0.2, -0.15) is 5.10 Å². The van der Waals surface area contributed by atoms with Gasteiger partial charge in [-0.1, -0.05) is 23.8 Å². The maximum absolute atomic E-state index is 12.8. The predicted octanol–water partition coefficient (Wildman–Crippen LogP) is 4.46. The third kappa shape index (κ3) is 4.49. The number of amides is 1. The Morgan fingerprint density at radius 3 is 2.58 bits per heavy atom. The van der Waals surface area contributed by atoms with Gasteiger partial charge in [-0.15, -0.1) is 11.3 Å². The molecular weight excluding hydrogens is 410 g/mol. The van der Waals surface area contributed by atoms with Gasteiger partial charge >= 0.3 is 0 Å². The fourth-order valence-electron chi connectivity index (χ4n) is 3.26. The van der Waals surface area contributed by atoms with Crippen LogP contribution < -0.4 is 10.1 Å². The molecule has 4 aromatic rings. The van der Waals surface area contributed by atoms with Crippen molar-refractivity contribution in [1.82, 2.24) is 25.5 Å². The summed E-state index contributed by atoms with van der Waals surface area (Å²) < 4.78 is 5.17. The Morgan fingerprint density at radius 1 is 1.10 bits per heavy atom. The second-order valence-electron chi connectivity index (χ2n) is 7.27. The molecule has 158 valence electrons. The van der Waals surface area contributed by atoms with Crippen molar-refractivity contribution in [2.24, 2.45) is 0 Å². The third-order valence-corrected chi connectivity index (χ3v) is 6.10. The van der Waals surface area contributed by atoms with Crippen LogP contribution in [-0.4, -0.2) is 33.2 Å². The van der Waals surface area contributed by atoms with E-state index in [2.05, 4.69) is 57.5 Å². The van der Waals surface area contributed by atoms with Crippen LogP contribution in [0.15, 0.2) is 42.5 Å². The van der Waals surface area contributed by atoms with Crippen LogP contribution in [0, 0.1) is 20.8 Å². The highest BCUT2D eigenvalue weighted by Gasteiger charge is 2.17. The average molecular weight is 434 g/mol. The lowest BCUT2D eigenvalue weighted by atomic mass is 10.1. The molecule has 2 aromatic carbocycles. The van der Waals surface area contributed by atoms with Gasteiger partial charge in [-0.3, -0.25) is 9.89 Å². The van der Waals surface area contributed by atoms with E-state index in [1.807, 2.05) is 31.2 Å². The molecular formula is C23H23N5O2S. The van der Waals surface area contributed by atoms with Gasteiger partial charge in [-0.25, -0.2) is 9.97 Å². The standard InChI is InChI=1S/C23H23N5O2S/c1-13-5-10-18(14(2)11-13)23-25-15(3)20(31-23)22(29)24-12-19-26-21(28-27-19)16-6-8-17(30-4)9-7-16/h5-11H,12H2,1-4H3,(H,24,29)(H,26,27,28). The van der Waals surface area contributed by atoms with Crippen molar-refractivity contribution in [2.45, 2.75) is 27.3 Å². The van der Waals surface area contributed by atoms with Gasteiger partial charge in [0.15, 0.2) is 5.82 Å². The number of methoxy groups -OCH3 is 1. The fraction of sp³-hybridized carbons (Fsp3) is 0.217. The maximum atomic E-state index is 12.8. The summed E-state index contributed by atoms with van der Waals surface area (Å²) in [5.41, 5.74) is 4.99. The van der Waals surface area contributed by atoms with Crippen LogP contribution in [0.25, 0.3) is 22.0 Å². The number of rotatable bonds is 6. The fourth-order valence-corrected chi connectivity index (χ4v) is 4.34. The van der Waals surface area contributed by atoms with Crippen LogP contribution >= 0.6 is 11.3 Å². The van der Waals surface area contributed by atoms with E-state index >= 15 is 0 Å². The number of hydrogen-bond acceptors (Lipinski definition) is 6. The summed E-state index contributed by atoms with van der Waals surface area (Å²) in [6, 6.07) is 13.7. The first-order valence-corrected chi connectivity index (χ1v) is 10.6. The summed E-state index contributed by atoms with van der Waals surface area (Å²) >= 11 is 1.40. The Hall–Kier alpha value is -3.52. The van der Waals surface area contributed by atoms with E-state index in [-0.39, 0.29) is 12.5 Å². The second kappa shape index (κ2) is 8.69. The van der Waals surface area contributed by atoms with E-state index in [0.29, 0.717) is 22.2 Å². The minimum Gasteiger partial charge on any atom is -0.497 e. The monoisotopic (exact) mass is 433 g/mol. The number of carbonyl (C=O) groups is 1. The maximum Gasteiger partial charge on any atom is 0.263 e. The molecule has 31 heavy (non-hydrogen) atoms. The molecule has 0 fully saturated rings. The van der Waals surface area contributed by atoms with E-state index in [9.17, 15) is 4.79 Å². The molecule has 0 spiro atoms. The Bertz CT molecular complexity index is 1230. The van der Waals surface area contributed by atoms with Crippen molar-refractivity contribution >= 4 is 17.2 Å². The van der Waals surface area contributed by atoms with Crippen LogP contribution in [0.2, 0.25) is 0 Å². The van der Waals surface area contributed by atoms with Gasteiger partial charge in [-0.05, 0) is 50.6 Å². The zero-order chi connectivity index (χ0) is 22.0. The van der Waals surface area contributed by atoms with Crippen molar-refractivity contribution in [3.05, 3.63) is 70.0 Å². The van der Waals surface area contributed by atoms with Crippen molar-refractivity contribution in [3.8, 4) is 27.7 Å². The number of benzene rings is 2. The summed E-state index contributed by atoms with van der Waals surface area (Å²) in [7, 11) is 1.62. The molecule has 1 amide bonds. The van der Waals surface area contributed by atoms with Crippen LogP contribution in [0.4, 0.5) is 0 Å². The van der Waals surface area contributed by atoms with E-state index in [4.69, 9.17) is 4.74 Å². The van der Waals surface area contributed by atoms with Gasteiger partial charge in [0.2, 0.25) is 0 Å². The Morgan fingerprint density at radius 2 is 1.87 bits per heavy atom. The van der Waals surface area contributed by atoms with Crippen molar-refractivity contribution in [2.75, 3.05) is 7.11 Å². The number of hydrogen-bond donors (Lipinski definition) is 2. The van der Waals surface area contributed by atoms with Gasteiger partial charge in [0.25, 0.3) is 5.91 Å². The highest BCUT2D eigenvalue weighted by molar-refractivity contribution is 7.17. The van der Waals surface area contributed by atoms with E-state index in [1.54, 1.807) is 7.11 Å². The zero-order valence-corrected chi connectivity index (χ0v) is 18.6. The van der Waals surface area contributed by atoms with Crippen LogP contribution in [0.1, 0.15) is 32.3 Å². The number of nitrogens with one attached hydrogen (secondary N) is 2. The molecule has 0 aliphatic rings. The molecule has 2 N–H and O–H groups in total. The first-order chi connectivity index (χ1) is 14.9. The van der Waals surface area contributed by atoms with Gasteiger partial charge in [0.1, 0.15) is 21.5 Å². The number of aromatic nitrogens is 4.